The van der Waals surface area contributed by atoms with Crippen molar-refractivity contribution in [1.82, 2.24) is 14.9 Å². The summed E-state index contributed by atoms with van der Waals surface area (Å²) in [5.74, 6) is -0.666. The number of allylic oxidation sites excluding steroid dienone is 1. The Kier molecular flexibility index (Phi) is 17.0. The van der Waals surface area contributed by atoms with Crippen molar-refractivity contribution in [2.75, 3.05) is 55.7 Å². The fourth-order valence-electron chi connectivity index (χ4n) is 6.82. The van der Waals surface area contributed by atoms with Crippen LogP contribution in [0.25, 0.3) is 5.57 Å². The molecule has 0 aromatic heterocycles. The Hall–Kier alpha value is -4.06. The number of benzene rings is 4. The van der Waals surface area contributed by atoms with Crippen LogP contribution >= 0.6 is 23.4 Å². The number of thioether (sulfide) groups is 1. The van der Waals surface area contributed by atoms with Crippen molar-refractivity contribution in [3.8, 4) is 0 Å². The summed E-state index contributed by atoms with van der Waals surface area (Å²) in [5.41, 5.74) is -1.56. The van der Waals surface area contributed by atoms with Crippen LogP contribution in [0.2, 0.25) is 5.02 Å². The first-order chi connectivity index (χ1) is 28.6. The zero-order chi connectivity index (χ0) is 43.3. The van der Waals surface area contributed by atoms with Gasteiger partial charge in [-0.1, -0.05) is 61.4 Å². The van der Waals surface area contributed by atoms with Crippen molar-refractivity contribution < 1.29 is 34.8 Å². The van der Waals surface area contributed by atoms with Crippen LogP contribution in [0.3, 0.4) is 0 Å². The molecule has 0 aliphatic heterocycles. The van der Waals surface area contributed by atoms with Gasteiger partial charge in [-0.15, -0.1) is 11.8 Å². The maximum Gasteiger partial charge on any atom is 0.501 e. The van der Waals surface area contributed by atoms with Gasteiger partial charge in [-0.25, -0.2) is 21.6 Å². The molecule has 0 unspecified atom stereocenters. The van der Waals surface area contributed by atoms with Gasteiger partial charge in [-0.3, -0.25) is 4.79 Å². The number of sulfonamides is 1. The highest BCUT2D eigenvalue weighted by Gasteiger charge is 2.48. The lowest BCUT2D eigenvalue weighted by molar-refractivity contribution is -0.0435. The summed E-state index contributed by atoms with van der Waals surface area (Å²) >= 11 is 7.53. The zero-order valence-corrected chi connectivity index (χ0v) is 36.7. The van der Waals surface area contributed by atoms with E-state index in [0.29, 0.717) is 48.6 Å². The number of carbonyl (C=O) groups is 1. The van der Waals surface area contributed by atoms with Gasteiger partial charge in [0.1, 0.15) is 4.90 Å². The minimum Gasteiger partial charge on any atom is -0.384 e. The van der Waals surface area contributed by atoms with Crippen molar-refractivity contribution in [2.45, 2.75) is 72.2 Å². The lowest BCUT2D eigenvalue weighted by atomic mass is 9.87. The molecule has 17 heteroatoms. The first kappa shape index (κ1) is 47.0. The molecule has 10 nitrogen and oxygen atoms in total. The first-order valence-electron chi connectivity index (χ1n) is 19.8. The summed E-state index contributed by atoms with van der Waals surface area (Å²) in [4.78, 5) is 14.1. The highest BCUT2D eigenvalue weighted by molar-refractivity contribution is 7.99. The molecular formula is C43H51ClF3N5O5S3. The van der Waals surface area contributed by atoms with Crippen molar-refractivity contribution in [1.29, 1.82) is 0 Å². The second-order valence-electron chi connectivity index (χ2n) is 14.3. The summed E-state index contributed by atoms with van der Waals surface area (Å²) in [6.07, 6.45) is 4.80. The summed E-state index contributed by atoms with van der Waals surface area (Å²) < 4.78 is 96.7. The Morgan fingerprint density at radius 1 is 0.867 bits per heavy atom. The van der Waals surface area contributed by atoms with Crippen LogP contribution in [0, 0.1) is 0 Å². The number of halogens is 4. The molecule has 1 aliphatic rings. The summed E-state index contributed by atoms with van der Waals surface area (Å²) in [6.45, 7) is 8.01. The van der Waals surface area contributed by atoms with Crippen LogP contribution in [0.4, 0.5) is 24.5 Å². The van der Waals surface area contributed by atoms with Gasteiger partial charge < -0.3 is 20.9 Å². The average Bonchev–Trinajstić information content (AvgIpc) is 3.23. The van der Waals surface area contributed by atoms with Gasteiger partial charge in [-0.2, -0.15) is 13.2 Å². The molecule has 0 radical (unpaired) electrons. The maximum atomic E-state index is 14.1. The van der Waals surface area contributed by atoms with Gasteiger partial charge in [0.15, 0.2) is 0 Å². The number of amides is 1. The van der Waals surface area contributed by atoms with Crippen LogP contribution in [0.1, 0.15) is 61.9 Å². The zero-order valence-electron chi connectivity index (χ0n) is 33.5. The van der Waals surface area contributed by atoms with E-state index in [9.17, 15) is 34.8 Å². The molecule has 4 aromatic rings. The lowest BCUT2D eigenvalue weighted by Crippen LogP contribution is -2.33. The summed E-state index contributed by atoms with van der Waals surface area (Å²) in [7, 11) is -10.9. The Morgan fingerprint density at radius 2 is 1.55 bits per heavy atom. The third kappa shape index (κ3) is 13.0. The highest BCUT2D eigenvalue weighted by Crippen LogP contribution is 2.37. The molecule has 4 N–H and O–H groups in total. The fourth-order valence-corrected chi connectivity index (χ4v) is 9.96. The highest BCUT2D eigenvalue weighted by atomic mass is 35.5. The molecule has 0 saturated heterocycles. The van der Waals surface area contributed by atoms with E-state index in [1.807, 2.05) is 61.0 Å². The van der Waals surface area contributed by atoms with E-state index in [-0.39, 0.29) is 5.56 Å². The number of alkyl halides is 3. The topological polar surface area (TPSA) is 137 Å². The monoisotopic (exact) mass is 905 g/mol. The third-order valence-electron chi connectivity index (χ3n) is 10.2. The smallest absolute Gasteiger partial charge is 0.384 e. The standard InChI is InChI=1S/C43H51ClF3N5O5S3/c1-3-52(4-2)27-24-36(30-58-37-11-6-5-7-12-37)50-40-23-22-38(28-41(40)59(54,55)43(45,46)47)60(56,57)51-42(53)32-16-20-35(21-17-32)49-26-25-48-29-33-10-8-9-13-39(33)31-14-18-34(44)19-15-31/h5-7,11-12,14-23,28,36,48-50H,3-4,8-10,13,24-27,29-30H2,1-2H3,(H,51,53)/t36-/m1/s1. The van der Waals surface area contributed by atoms with E-state index in [0.717, 1.165) is 62.3 Å². The third-order valence-corrected chi connectivity index (χ3v) is 14.5. The molecule has 324 valence electrons. The largest absolute Gasteiger partial charge is 0.501 e. The predicted octanol–water partition coefficient (Wildman–Crippen LogP) is 9.09. The Bertz CT molecular complexity index is 2290. The molecule has 5 rings (SSSR count). The minimum atomic E-state index is -6.04. The van der Waals surface area contributed by atoms with Crippen LogP contribution in [-0.4, -0.2) is 84.2 Å². The van der Waals surface area contributed by atoms with E-state index < -0.39 is 52.8 Å². The fraction of sp³-hybridized carbons (Fsp3) is 0.372. The van der Waals surface area contributed by atoms with Gasteiger partial charge in [0.2, 0.25) is 0 Å². The molecule has 0 spiro atoms. The van der Waals surface area contributed by atoms with Crippen molar-refractivity contribution in [3.63, 3.8) is 0 Å². The van der Waals surface area contributed by atoms with E-state index in [4.69, 9.17) is 11.6 Å². The predicted molar refractivity (Wildman–Crippen MR) is 236 cm³/mol. The van der Waals surface area contributed by atoms with E-state index in [1.54, 1.807) is 12.1 Å². The van der Waals surface area contributed by atoms with Crippen LogP contribution in [0.15, 0.2) is 117 Å². The number of hydrogen-bond acceptors (Lipinski definition) is 10. The average molecular weight is 907 g/mol. The molecule has 1 amide bonds. The molecular weight excluding hydrogens is 855 g/mol. The van der Waals surface area contributed by atoms with Crippen LogP contribution in [-0.2, 0) is 19.9 Å². The van der Waals surface area contributed by atoms with Gasteiger partial charge >= 0.3 is 5.51 Å². The molecule has 0 saturated carbocycles. The van der Waals surface area contributed by atoms with Crippen molar-refractivity contribution in [3.05, 3.63) is 119 Å². The molecule has 0 heterocycles. The van der Waals surface area contributed by atoms with Gasteiger partial charge in [-0.05, 0) is 123 Å². The van der Waals surface area contributed by atoms with Gasteiger partial charge in [0.25, 0.3) is 25.8 Å². The van der Waals surface area contributed by atoms with E-state index >= 15 is 0 Å². The van der Waals surface area contributed by atoms with Crippen molar-refractivity contribution >= 4 is 66.1 Å². The molecule has 0 fully saturated rings. The normalized spacial score (nSPS) is 14.2. The number of sulfone groups is 1. The van der Waals surface area contributed by atoms with E-state index in [1.165, 1.54) is 40.6 Å². The van der Waals surface area contributed by atoms with Gasteiger partial charge in [0, 0.05) is 59.1 Å². The number of nitrogens with zero attached hydrogens (tertiary/aromatic N) is 1. The quantitative estimate of drug-likeness (QED) is 0.0474. The number of nitrogens with one attached hydrogen (secondary N) is 4. The molecule has 1 aliphatic carbocycles. The van der Waals surface area contributed by atoms with Crippen LogP contribution < -0.4 is 20.7 Å². The second kappa shape index (κ2) is 21.6. The number of hydrogen-bond donors (Lipinski definition) is 4. The number of carbonyl (C=O) groups excluding carboxylic acids is 1. The number of anilines is 2. The Labute approximate surface area is 360 Å². The van der Waals surface area contributed by atoms with E-state index in [2.05, 4.69) is 33.0 Å². The molecule has 4 aromatic carbocycles. The molecule has 1 atom stereocenters. The van der Waals surface area contributed by atoms with Crippen molar-refractivity contribution in [2.24, 2.45) is 0 Å². The lowest BCUT2D eigenvalue weighted by Gasteiger charge is -2.25. The second-order valence-corrected chi connectivity index (χ2v) is 19.4. The minimum absolute atomic E-state index is 0.0328. The summed E-state index contributed by atoms with van der Waals surface area (Å²) in [5, 5.41) is 10.4. The SMILES string of the molecule is CCN(CC)CC[C@H](CSc1ccccc1)Nc1ccc(S(=O)(=O)NC(=O)c2ccc(NCCNCC3=C(c4ccc(Cl)cc4)CCCC3)cc2)cc1S(=O)(=O)C(F)(F)F. The summed E-state index contributed by atoms with van der Waals surface area (Å²) in [6, 6.07) is 25.2. The van der Waals surface area contributed by atoms with Crippen LogP contribution in [0.5, 0.6) is 0 Å². The molecule has 60 heavy (non-hydrogen) atoms. The first-order valence-corrected chi connectivity index (χ1v) is 24.1. The maximum absolute atomic E-state index is 14.1. The molecule has 0 bridgehead atoms. The Balaban J connectivity index is 1.24. The number of rotatable bonds is 21. The Morgan fingerprint density at radius 3 is 2.22 bits per heavy atom. The van der Waals surface area contributed by atoms with Gasteiger partial charge in [0.05, 0.1) is 10.6 Å².